The van der Waals surface area contributed by atoms with Crippen molar-refractivity contribution in [3.8, 4) is 0 Å². The average Bonchev–Trinajstić information content (AvgIpc) is 3.45. The number of amides is 1. The molecule has 0 aliphatic heterocycles. The van der Waals surface area contributed by atoms with Gasteiger partial charge in [-0.3, -0.25) is 14.6 Å². The Labute approximate surface area is 203 Å². The van der Waals surface area contributed by atoms with Crippen LogP contribution in [0.1, 0.15) is 42.9 Å². The van der Waals surface area contributed by atoms with E-state index < -0.39 is 17.5 Å². The fourth-order valence-corrected chi connectivity index (χ4v) is 3.34. The summed E-state index contributed by atoms with van der Waals surface area (Å²) >= 11 is 0. The molecule has 2 heterocycles. The van der Waals surface area contributed by atoms with Crippen molar-refractivity contribution in [1.82, 2.24) is 20.0 Å². The maximum absolute atomic E-state index is 13.5. The zero-order valence-electron chi connectivity index (χ0n) is 19.1. The number of rotatable bonds is 9. The molecule has 2 aromatic heterocycles. The predicted octanol–water partition coefficient (Wildman–Crippen LogP) is 4.52. The molecule has 0 saturated heterocycles. The molecule has 0 fully saturated rings. The largest absolute Gasteiger partial charge is 0.378 e. The number of nitrogens with two attached hydrogens (primary N) is 1. The summed E-state index contributed by atoms with van der Waals surface area (Å²) < 4.78 is 33.9. The molecule has 0 saturated carbocycles. The Balaban J connectivity index is 0.00000140. The van der Waals surface area contributed by atoms with Gasteiger partial charge in [-0.25, -0.2) is 8.78 Å². The standard InChI is InChI=1S/C22H22F2N6O2.C2H6.CH4/c23-16-10-15(11-17(24)13-16)9-14-1-2-19-18(12-14)21(28-27-19)26-22(31)20-3-5-30(29-20)6-8-32-7-4-25;1-2;/h1-3,5,10-13H,4,6-9,25H2,(H2,26,27,28,31);1-2H3;1H4. The lowest BCUT2D eigenvalue weighted by atomic mass is 10.0. The van der Waals surface area contributed by atoms with Crippen LogP contribution in [0, 0.1) is 11.6 Å². The van der Waals surface area contributed by atoms with Gasteiger partial charge in [0.25, 0.3) is 5.91 Å². The molecule has 0 unspecified atom stereocenters. The number of fused-ring (bicyclic) bond motifs is 1. The van der Waals surface area contributed by atoms with Gasteiger partial charge in [0.2, 0.25) is 0 Å². The summed E-state index contributed by atoms with van der Waals surface area (Å²) in [7, 11) is 0. The van der Waals surface area contributed by atoms with Crippen molar-refractivity contribution < 1.29 is 18.3 Å². The minimum absolute atomic E-state index is 0. The van der Waals surface area contributed by atoms with E-state index in [4.69, 9.17) is 10.5 Å². The monoisotopic (exact) mass is 486 g/mol. The first-order valence-electron chi connectivity index (χ1n) is 11.1. The molecule has 10 heteroatoms. The van der Waals surface area contributed by atoms with Crippen LogP contribution in [0.3, 0.4) is 0 Å². The Hall–Kier alpha value is -3.63. The molecule has 4 aromatic rings. The summed E-state index contributed by atoms with van der Waals surface area (Å²) in [6, 6.07) is 10.5. The van der Waals surface area contributed by atoms with Crippen LogP contribution in [0.15, 0.2) is 48.7 Å². The number of nitrogens with one attached hydrogen (secondary N) is 2. The summed E-state index contributed by atoms with van der Waals surface area (Å²) in [5.41, 5.74) is 7.67. The fourth-order valence-electron chi connectivity index (χ4n) is 3.34. The Morgan fingerprint density at radius 3 is 2.54 bits per heavy atom. The first kappa shape index (κ1) is 27.6. The lowest BCUT2D eigenvalue weighted by Crippen LogP contribution is -2.15. The van der Waals surface area contributed by atoms with Crippen LogP contribution in [0.4, 0.5) is 14.6 Å². The van der Waals surface area contributed by atoms with E-state index in [1.54, 1.807) is 23.0 Å². The first-order valence-corrected chi connectivity index (χ1v) is 11.1. The summed E-state index contributed by atoms with van der Waals surface area (Å²) in [5.74, 6) is -1.30. The molecule has 4 N–H and O–H groups in total. The van der Waals surface area contributed by atoms with E-state index in [9.17, 15) is 13.6 Å². The number of halogens is 2. The summed E-state index contributed by atoms with van der Waals surface area (Å²) in [6.45, 7) is 5.87. The van der Waals surface area contributed by atoms with E-state index in [0.29, 0.717) is 49.5 Å². The van der Waals surface area contributed by atoms with Gasteiger partial charge < -0.3 is 15.8 Å². The number of hydrogen-bond acceptors (Lipinski definition) is 5. The van der Waals surface area contributed by atoms with Crippen LogP contribution in [0.25, 0.3) is 10.9 Å². The molecule has 2 aromatic carbocycles. The van der Waals surface area contributed by atoms with Gasteiger partial charge in [0.1, 0.15) is 11.6 Å². The number of nitrogens with zero attached hydrogens (tertiary/aromatic N) is 3. The maximum atomic E-state index is 13.5. The summed E-state index contributed by atoms with van der Waals surface area (Å²) in [6.07, 6.45) is 2.03. The molecule has 0 atom stereocenters. The molecule has 0 aliphatic carbocycles. The summed E-state index contributed by atoms with van der Waals surface area (Å²) in [4.78, 5) is 12.6. The van der Waals surface area contributed by atoms with Crippen molar-refractivity contribution in [2.24, 2.45) is 5.73 Å². The van der Waals surface area contributed by atoms with Gasteiger partial charge in [-0.1, -0.05) is 27.3 Å². The van der Waals surface area contributed by atoms with Crippen molar-refractivity contribution in [3.63, 3.8) is 0 Å². The molecule has 0 bridgehead atoms. The third-order valence-electron chi connectivity index (χ3n) is 4.79. The predicted molar refractivity (Wildman–Crippen MR) is 133 cm³/mol. The van der Waals surface area contributed by atoms with E-state index in [0.717, 1.165) is 17.1 Å². The normalized spacial score (nSPS) is 10.4. The fraction of sp³-hybridized carbons (Fsp3) is 0.320. The number of anilines is 1. The number of H-pyrrole nitrogens is 1. The van der Waals surface area contributed by atoms with E-state index in [1.807, 2.05) is 26.0 Å². The number of benzene rings is 2. The number of carbonyl (C=O) groups excluding carboxylic acids is 1. The highest BCUT2D eigenvalue weighted by atomic mass is 19.1. The number of aromatic amines is 1. The SMILES string of the molecule is C.CC.NCCOCCn1ccc(C(=O)Nc2n[nH]c3ccc(Cc4cc(F)cc(F)c4)cc23)n1. The van der Waals surface area contributed by atoms with Gasteiger partial charge in [0.15, 0.2) is 11.5 Å². The lowest BCUT2D eigenvalue weighted by Gasteiger charge is -2.05. The van der Waals surface area contributed by atoms with Gasteiger partial charge in [-0.15, -0.1) is 0 Å². The highest BCUT2D eigenvalue weighted by Gasteiger charge is 2.14. The van der Waals surface area contributed by atoms with Crippen LogP contribution in [0.5, 0.6) is 0 Å². The van der Waals surface area contributed by atoms with Gasteiger partial charge in [0.05, 0.1) is 25.3 Å². The molecule has 4 rings (SSSR count). The second-order valence-electron chi connectivity index (χ2n) is 7.23. The number of carbonyl (C=O) groups is 1. The van der Waals surface area contributed by atoms with Crippen molar-refractivity contribution in [2.75, 3.05) is 25.1 Å². The van der Waals surface area contributed by atoms with Crippen molar-refractivity contribution in [1.29, 1.82) is 0 Å². The van der Waals surface area contributed by atoms with Crippen LogP contribution in [-0.4, -0.2) is 45.6 Å². The molecule has 0 aliphatic rings. The van der Waals surface area contributed by atoms with E-state index in [1.165, 1.54) is 12.1 Å². The molecular weight excluding hydrogens is 454 g/mol. The second kappa shape index (κ2) is 13.3. The molecule has 188 valence electrons. The van der Waals surface area contributed by atoms with Gasteiger partial charge in [0, 0.05) is 24.2 Å². The van der Waals surface area contributed by atoms with E-state index in [-0.39, 0.29) is 13.1 Å². The van der Waals surface area contributed by atoms with Crippen molar-refractivity contribution in [2.45, 2.75) is 34.2 Å². The van der Waals surface area contributed by atoms with Crippen molar-refractivity contribution >= 4 is 22.6 Å². The molecule has 8 nitrogen and oxygen atoms in total. The topological polar surface area (TPSA) is 111 Å². The Morgan fingerprint density at radius 2 is 1.83 bits per heavy atom. The Morgan fingerprint density at radius 1 is 1.09 bits per heavy atom. The van der Waals surface area contributed by atoms with Gasteiger partial charge >= 0.3 is 0 Å². The minimum atomic E-state index is -0.622. The summed E-state index contributed by atoms with van der Waals surface area (Å²) in [5, 5.41) is 14.7. The third kappa shape index (κ3) is 7.43. The molecule has 0 radical (unpaired) electrons. The van der Waals surface area contributed by atoms with Gasteiger partial charge in [-0.05, 0) is 47.9 Å². The highest BCUT2D eigenvalue weighted by molar-refractivity contribution is 6.06. The van der Waals surface area contributed by atoms with Gasteiger partial charge in [-0.2, -0.15) is 10.2 Å². The third-order valence-corrected chi connectivity index (χ3v) is 4.79. The molecule has 35 heavy (non-hydrogen) atoms. The molecule has 0 spiro atoms. The minimum Gasteiger partial charge on any atom is -0.378 e. The van der Waals surface area contributed by atoms with Crippen LogP contribution in [0.2, 0.25) is 0 Å². The van der Waals surface area contributed by atoms with Crippen LogP contribution < -0.4 is 11.1 Å². The Bertz CT molecular complexity index is 1220. The average molecular weight is 487 g/mol. The maximum Gasteiger partial charge on any atom is 0.277 e. The Kier molecular flexibility index (Phi) is 10.5. The zero-order valence-corrected chi connectivity index (χ0v) is 19.1. The first-order chi connectivity index (χ1) is 16.5. The number of hydrogen-bond donors (Lipinski definition) is 3. The zero-order chi connectivity index (χ0) is 24.5. The van der Waals surface area contributed by atoms with E-state index in [2.05, 4.69) is 20.6 Å². The highest BCUT2D eigenvalue weighted by Crippen LogP contribution is 2.24. The van der Waals surface area contributed by atoms with Crippen LogP contribution >= 0.6 is 0 Å². The second-order valence-corrected chi connectivity index (χ2v) is 7.23. The quantitative estimate of drug-likeness (QED) is 0.301. The number of aromatic nitrogens is 4. The van der Waals surface area contributed by atoms with Crippen LogP contribution in [-0.2, 0) is 17.7 Å². The lowest BCUT2D eigenvalue weighted by molar-refractivity contribution is 0.101. The molecular formula is C25H32F2N6O2. The number of ether oxygens (including phenoxy) is 1. The van der Waals surface area contributed by atoms with Crippen molar-refractivity contribution in [3.05, 3.63) is 77.1 Å². The smallest absolute Gasteiger partial charge is 0.277 e. The molecule has 1 amide bonds. The van der Waals surface area contributed by atoms with E-state index >= 15 is 0 Å².